The third kappa shape index (κ3) is 3.47. The van der Waals surface area contributed by atoms with Crippen LogP contribution in [0, 0.1) is 5.92 Å². The molecule has 0 saturated carbocycles. The normalized spacial score (nSPS) is 22.7. The van der Waals surface area contributed by atoms with Crippen LogP contribution in [0.3, 0.4) is 0 Å². The topological polar surface area (TPSA) is 59.6 Å². The first-order valence-corrected chi connectivity index (χ1v) is 7.32. The molecule has 0 bridgehead atoms. The lowest BCUT2D eigenvalue weighted by Gasteiger charge is -2.21. The summed E-state index contributed by atoms with van der Waals surface area (Å²) in [5, 5.41) is 6.38. The molecule has 1 fully saturated rings. The van der Waals surface area contributed by atoms with E-state index in [1.54, 1.807) is 14.2 Å². The van der Waals surface area contributed by atoms with E-state index in [1.165, 1.54) is 0 Å². The third-order valence-corrected chi connectivity index (χ3v) is 4.12. The van der Waals surface area contributed by atoms with Crippen molar-refractivity contribution in [3.05, 3.63) is 23.8 Å². The van der Waals surface area contributed by atoms with Crippen LogP contribution < -0.4 is 20.1 Å². The summed E-state index contributed by atoms with van der Waals surface area (Å²) >= 11 is 0. The van der Waals surface area contributed by atoms with Gasteiger partial charge in [0, 0.05) is 11.6 Å². The zero-order valence-electron chi connectivity index (χ0n) is 13.1. The first-order valence-electron chi connectivity index (χ1n) is 7.32. The fourth-order valence-electron chi connectivity index (χ4n) is 2.79. The predicted octanol–water partition coefficient (Wildman–Crippen LogP) is 1.88. The molecule has 1 amide bonds. The van der Waals surface area contributed by atoms with E-state index < -0.39 is 0 Å². The maximum absolute atomic E-state index is 12.4. The average Bonchev–Trinajstić information content (AvgIpc) is 2.92. The molecule has 1 heterocycles. The van der Waals surface area contributed by atoms with E-state index in [0.29, 0.717) is 0 Å². The summed E-state index contributed by atoms with van der Waals surface area (Å²) in [6, 6.07) is 5.70. The highest BCUT2D eigenvalue weighted by molar-refractivity contribution is 5.80. The predicted molar refractivity (Wildman–Crippen MR) is 81.7 cm³/mol. The summed E-state index contributed by atoms with van der Waals surface area (Å²) < 4.78 is 10.6. The summed E-state index contributed by atoms with van der Waals surface area (Å²) in [6.45, 7) is 4.91. The van der Waals surface area contributed by atoms with Gasteiger partial charge in [-0.2, -0.15) is 0 Å². The van der Waals surface area contributed by atoms with Crippen molar-refractivity contribution >= 4 is 5.91 Å². The lowest BCUT2D eigenvalue weighted by atomic mass is 9.99. The summed E-state index contributed by atoms with van der Waals surface area (Å²) in [4.78, 5) is 12.4. The fourth-order valence-corrected chi connectivity index (χ4v) is 2.79. The Balaban J connectivity index is 2.12. The van der Waals surface area contributed by atoms with Crippen molar-refractivity contribution in [2.45, 2.75) is 32.4 Å². The minimum atomic E-state index is -0.129. The van der Waals surface area contributed by atoms with Gasteiger partial charge < -0.3 is 20.1 Å². The molecule has 0 aromatic heterocycles. The van der Waals surface area contributed by atoms with E-state index in [9.17, 15) is 4.79 Å². The molecule has 5 nitrogen and oxygen atoms in total. The molecule has 1 aromatic rings. The van der Waals surface area contributed by atoms with E-state index in [0.717, 1.165) is 30.0 Å². The van der Waals surface area contributed by atoms with Crippen molar-refractivity contribution in [2.75, 3.05) is 20.8 Å². The number of rotatable bonds is 5. The Hall–Kier alpha value is -1.75. The number of hydrogen-bond donors (Lipinski definition) is 2. The molecule has 1 aliphatic rings. The molecule has 0 radical (unpaired) electrons. The van der Waals surface area contributed by atoms with E-state index in [-0.39, 0.29) is 23.9 Å². The van der Waals surface area contributed by atoms with Crippen molar-refractivity contribution < 1.29 is 14.3 Å². The number of hydrogen-bond acceptors (Lipinski definition) is 4. The molecule has 5 heteroatoms. The van der Waals surface area contributed by atoms with Gasteiger partial charge in [-0.15, -0.1) is 0 Å². The summed E-state index contributed by atoms with van der Waals surface area (Å²) in [7, 11) is 3.25. The number of nitrogens with one attached hydrogen (secondary N) is 2. The Morgan fingerprint density at radius 2 is 2.14 bits per heavy atom. The van der Waals surface area contributed by atoms with Crippen LogP contribution in [0.2, 0.25) is 0 Å². The third-order valence-electron chi connectivity index (χ3n) is 4.12. The van der Waals surface area contributed by atoms with Crippen molar-refractivity contribution in [3.8, 4) is 11.5 Å². The van der Waals surface area contributed by atoms with Crippen molar-refractivity contribution in [1.29, 1.82) is 0 Å². The van der Waals surface area contributed by atoms with Crippen LogP contribution >= 0.6 is 0 Å². The first kappa shape index (κ1) is 15.6. The Bertz CT molecular complexity index is 504. The molecular formula is C16H24N2O3. The van der Waals surface area contributed by atoms with Gasteiger partial charge in [0.15, 0.2) is 0 Å². The average molecular weight is 292 g/mol. The second-order valence-corrected chi connectivity index (χ2v) is 5.48. The molecule has 1 saturated heterocycles. The van der Waals surface area contributed by atoms with Gasteiger partial charge in [0.2, 0.25) is 5.91 Å². The smallest absolute Gasteiger partial charge is 0.225 e. The second-order valence-electron chi connectivity index (χ2n) is 5.48. The molecule has 2 N–H and O–H groups in total. The van der Waals surface area contributed by atoms with Crippen molar-refractivity contribution in [3.63, 3.8) is 0 Å². The maximum atomic E-state index is 12.4. The van der Waals surface area contributed by atoms with Crippen molar-refractivity contribution in [1.82, 2.24) is 10.6 Å². The fraction of sp³-hybridized carbons (Fsp3) is 0.562. The second kappa shape index (κ2) is 6.80. The summed E-state index contributed by atoms with van der Waals surface area (Å²) in [6.07, 6.45) is 0.884. The maximum Gasteiger partial charge on any atom is 0.225 e. The summed E-state index contributed by atoms with van der Waals surface area (Å²) in [5.74, 6) is 1.62. The van der Waals surface area contributed by atoms with Gasteiger partial charge >= 0.3 is 0 Å². The SMILES string of the molecule is COc1ccc(OC)c(C(C)NC(=O)C2CCNC2C)c1. The van der Waals surface area contributed by atoms with Gasteiger partial charge in [0.25, 0.3) is 0 Å². The molecule has 1 aromatic carbocycles. The van der Waals surface area contributed by atoms with Crippen molar-refractivity contribution in [2.24, 2.45) is 5.92 Å². The number of ether oxygens (including phenoxy) is 2. The number of methoxy groups -OCH3 is 2. The van der Waals surface area contributed by atoms with Crippen LogP contribution in [-0.4, -0.2) is 32.7 Å². The highest BCUT2D eigenvalue weighted by Crippen LogP contribution is 2.29. The molecule has 1 aliphatic heterocycles. The van der Waals surface area contributed by atoms with Gasteiger partial charge in [-0.25, -0.2) is 0 Å². The molecule has 2 rings (SSSR count). The number of amides is 1. The Kier molecular flexibility index (Phi) is 5.07. The Morgan fingerprint density at radius 1 is 1.38 bits per heavy atom. The first-order chi connectivity index (χ1) is 10.1. The molecular weight excluding hydrogens is 268 g/mol. The van der Waals surface area contributed by atoms with Gasteiger partial charge in [0.1, 0.15) is 11.5 Å². The van der Waals surface area contributed by atoms with Crippen LogP contribution in [0.5, 0.6) is 11.5 Å². The number of carbonyl (C=O) groups excluding carboxylic acids is 1. The highest BCUT2D eigenvalue weighted by Gasteiger charge is 2.30. The molecule has 3 atom stereocenters. The number of carbonyl (C=O) groups is 1. The molecule has 116 valence electrons. The molecule has 0 spiro atoms. The van der Waals surface area contributed by atoms with E-state index >= 15 is 0 Å². The Labute approximate surface area is 126 Å². The Morgan fingerprint density at radius 3 is 2.71 bits per heavy atom. The zero-order chi connectivity index (χ0) is 15.4. The highest BCUT2D eigenvalue weighted by atomic mass is 16.5. The van der Waals surface area contributed by atoms with Crippen LogP contribution in [0.25, 0.3) is 0 Å². The molecule has 3 unspecified atom stereocenters. The number of benzene rings is 1. The monoisotopic (exact) mass is 292 g/mol. The van der Waals surface area contributed by atoms with Gasteiger partial charge in [-0.05, 0) is 45.0 Å². The standard InChI is InChI=1S/C16H24N2O3/c1-10-13(7-8-17-10)16(19)18-11(2)14-9-12(20-3)5-6-15(14)21-4/h5-6,9-11,13,17H,7-8H2,1-4H3,(H,18,19). The van der Waals surface area contributed by atoms with E-state index in [4.69, 9.17) is 9.47 Å². The van der Waals surface area contributed by atoms with E-state index in [2.05, 4.69) is 10.6 Å². The minimum Gasteiger partial charge on any atom is -0.497 e. The van der Waals surface area contributed by atoms with Gasteiger partial charge in [0.05, 0.1) is 26.2 Å². The van der Waals surface area contributed by atoms with Gasteiger partial charge in [-0.3, -0.25) is 4.79 Å². The largest absolute Gasteiger partial charge is 0.497 e. The van der Waals surface area contributed by atoms with Crippen LogP contribution in [-0.2, 0) is 4.79 Å². The zero-order valence-corrected chi connectivity index (χ0v) is 13.1. The lowest BCUT2D eigenvalue weighted by Crippen LogP contribution is -2.38. The van der Waals surface area contributed by atoms with Crippen LogP contribution in [0.1, 0.15) is 31.9 Å². The van der Waals surface area contributed by atoms with E-state index in [1.807, 2.05) is 32.0 Å². The van der Waals surface area contributed by atoms with Crippen LogP contribution in [0.15, 0.2) is 18.2 Å². The summed E-state index contributed by atoms with van der Waals surface area (Å²) in [5.41, 5.74) is 0.920. The molecule has 0 aliphatic carbocycles. The van der Waals surface area contributed by atoms with Crippen LogP contribution in [0.4, 0.5) is 0 Å². The molecule has 21 heavy (non-hydrogen) atoms. The van der Waals surface area contributed by atoms with Gasteiger partial charge in [-0.1, -0.05) is 0 Å². The quantitative estimate of drug-likeness (QED) is 0.870. The minimum absolute atomic E-state index is 0.0315. The lowest BCUT2D eigenvalue weighted by molar-refractivity contribution is -0.125.